The number of nitrogens with zero attached hydrogens (tertiary/aromatic N) is 3. The van der Waals surface area contributed by atoms with Gasteiger partial charge in [-0.05, 0) is 67.5 Å². The molecule has 0 atom stereocenters. The van der Waals surface area contributed by atoms with Crippen LogP contribution in [0, 0.1) is 0 Å². The van der Waals surface area contributed by atoms with Crippen molar-refractivity contribution in [2.45, 2.75) is 57.2 Å². The first-order valence-corrected chi connectivity index (χ1v) is 10.6. The van der Waals surface area contributed by atoms with Gasteiger partial charge in [0.05, 0.1) is 17.4 Å². The van der Waals surface area contributed by atoms with E-state index in [1.807, 2.05) is 24.1 Å². The fourth-order valence-corrected chi connectivity index (χ4v) is 4.29. The van der Waals surface area contributed by atoms with Gasteiger partial charge in [0.2, 0.25) is 5.91 Å². The number of halogens is 3. The van der Waals surface area contributed by atoms with Crippen LogP contribution in [0.4, 0.5) is 24.5 Å². The summed E-state index contributed by atoms with van der Waals surface area (Å²) >= 11 is 0. The third kappa shape index (κ3) is 4.30. The molecule has 1 amide bonds. The van der Waals surface area contributed by atoms with Gasteiger partial charge in [-0.25, -0.2) is 0 Å². The number of benzene rings is 1. The minimum Gasteiger partial charge on any atom is -0.343 e. The number of hydrogen-bond donors (Lipinski definition) is 0. The molecule has 0 radical (unpaired) electrons. The smallest absolute Gasteiger partial charge is 0.343 e. The van der Waals surface area contributed by atoms with Crippen molar-refractivity contribution >= 4 is 17.3 Å². The van der Waals surface area contributed by atoms with Crippen molar-refractivity contribution in [2.24, 2.45) is 0 Å². The predicted molar refractivity (Wildman–Crippen MR) is 110 cm³/mol. The van der Waals surface area contributed by atoms with Crippen LogP contribution in [-0.4, -0.2) is 34.9 Å². The van der Waals surface area contributed by atoms with E-state index in [0.29, 0.717) is 25.4 Å². The standard InChI is InChI=1S/C23H26F3N3O/c1-2-22(30)28-13-10-19(11-14-28)29(18-7-5-17(6-8-18)23(24,25)26)21-15-27-12-9-20(21)16-3-4-16/h5-9,12,15-16,19H,2-4,10-11,13-14H2,1H3. The van der Waals surface area contributed by atoms with Crippen molar-refractivity contribution < 1.29 is 18.0 Å². The second-order valence-electron chi connectivity index (χ2n) is 8.09. The number of carbonyl (C=O) groups excluding carboxylic acids is 1. The summed E-state index contributed by atoms with van der Waals surface area (Å²) < 4.78 is 39.2. The largest absolute Gasteiger partial charge is 0.416 e. The molecule has 0 N–H and O–H groups in total. The van der Waals surface area contributed by atoms with E-state index in [0.717, 1.165) is 49.2 Å². The molecule has 30 heavy (non-hydrogen) atoms. The summed E-state index contributed by atoms with van der Waals surface area (Å²) in [6, 6.07) is 7.52. The Morgan fingerprint density at radius 1 is 1.10 bits per heavy atom. The van der Waals surface area contributed by atoms with Crippen LogP contribution < -0.4 is 4.90 Å². The topological polar surface area (TPSA) is 36.4 Å². The van der Waals surface area contributed by atoms with E-state index in [-0.39, 0.29) is 11.9 Å². The minimum absolute atomic E-state index is 0.101. The Labute approximate surface area is 174 Å². The monoisotopic (exact) mass is 417 g/mol. The Kier molecular flexibility index (Phi) is 5.71. The normalized spacial score (nSPS) is 17.8. The lowest BCUT2D eigenvalue weighted by Crippen LogP contribution is -2.45. The summed E-state index contributed by atoms with van der Waals surface area (Å²) in [6.07, 6.45) is 3.53. The maximum absolute atomic E-state index is 13.1. The molecule has 2 aromatic rings. The van der Waals surface area contributed by atoms with Gasteiger partial charge in [0.25, 0.3) is 0 Å². The van der Waals surface area contributed by atoms with Gasteiger partial charge in [-0.3, -0.25) is 9.78 Å². The van der Waals surface area contributed by atoms with Gasteiger partial charge in [-0.15, -0.1) is 0 Å². The van der Waals surface area contributed by atoms with Crippen molar-refractivity contribution in [1.82, 2.24) is 9.88 Å². The number of hydrogen-bond acceptors (Lipinski definition) is 3. The number of likely N-dealkylation sites (tertiary alicyclic amines) is 1. The predicted octanol–water partition coefficient (Wildman–Crippen LogP) is 5.52. The van der Waals surface area contributed by atoms with Crippen LogP contribution in [0.25, 0.3) is 0 Å². The van der Waals surface area contributed by atoms with Gasteiger partial charge in [-0.1, -0.05) is 6.92 Å². The van der Waals surface area contributed by atoms with Crippen molar-refractivity contribution in [1.29, 1.82) is 0 Å². The molecule has 2 fully saturated rings. The summed E-state index contributed by atoms with van der Waals surface area (Å²) in [5.41, 5.74) is 2.26. The van der Waals surface area contributed by atoms with E-state index in [1.54, 1.807) is 18.3 Å². The van der Waals surface area contributed by atoms with Gasteiger partial charge in [0.15, 0.2) is 0 Å². The Morgan fingerprint density at radius 3 is 2.33 bits per heavy atom. The van der Waals surface area contributed by atoms with Crippen molar-refractivity contribution in [3.8, 4) is 0 Å². The zero-order valence-corrected chi connectivity index (χ0v) is 17.0. The second-order valence-corrected chi connectivity index (χ2v) is 8.09. The average molecular weight is 417 g/mol. The first-order chi connectivity index (χ1) is 14.4. The number of piperidine rings is 1. The molecule has 4 rings (SSSR count). The maximum Gasteiger partial charge on any atom is 0.416 e. The van der Waals surface area contributed by atoms with Crippen LogP contribution in [0.1, 0.15) is 56.1 Å². The zero-order valence-electron chi connectivity index (χ0n) is 17.0. The molecule has 160 valence electrons. The summed E-state index contributed by atoms with van der Waals surface area (Å²) in [6.45, 7) is 3.18. The summed E-state index contributed by atoms with van der Waals surface area (Å²) in [5.74, 6) is 0.635. The van der Waals surface area contributed by atoms with Gasteiger partial charge in [0, 0.05) is 37.4 Å². The third-order valence-electron chi connectivity index (χ3n) is 6.07. The molecule has 7 heteroatoms. The molecule has 2 aliphatic rings. The van der Waals surface area contributed by atoms with E-state index >= 15 is 0 Å². The van der Waals surface area contributed by atoms with E-state index in [2.05, 4.69) is 9.88 Å². The van der Waals surface area contributed by atoms with Gasteiger partial charge in [0.1, 0.15) is 0 Å². The van der Waals surface area contributed by atoms with E-state index < -0.39 is 11.7 Å². The molecule has 4 nitrogen and oxygen atoms in total. The molecule has 1 saturated heterocycles. The lowest BCUT2D eigenvalue weighted by molar-refractivity contribution is -0.137. The molecule has 0 unspecified atom stereocenters. The van der Waals surface area contributed by atoms with Crippen LogP contribution in [0.15, 0.2) is 42.7 Å². The number of pyridine rings is 1. The fraction of sp³-hybridized carbons (Fsp3) is 0.478. The molecule has 0 bridgehead atoms. The van der Waals surface area contributed by atoms with Crippen molar-refractivity contribution in [2.75, 3.05) is 18.0 Å². The van der Waals surface area contributed by atoms with Crippen LogP contribution in [-0.2, 0) is 11.0 Å². The van der Waals surface area contributed by atoms with E-state index in [9.17, 15) is 18.0 Å². The first-order valence-electron chi connectivity index (χ1n) is 10.6. The number of carbonyl (C=O) groups is 1. The summed E-state index contributed by atoms with van der Waals surface area (Å²) in [4.78, 5) is 20.4. The molecular formula is C23H26F3N3O. The minimum atomic E-state index is -4.36. The van der Waals surface area contributed by atoms with Crippen molar-refractivity contribution in [3.63, 3.8) is 0 Å². The molecule has 1 aromatic heterocycles. The lowest BCUT2D eigenvalue weighted by atomic mass is 9.99. The molecule has 0 spiro atoms. The highest BCUT2D eigenvalue weighted by Crippen LogP contribution is 2.46. The highest BCUT2D eigenvalue weighted by Gasteiger charge is 2.34. The Morgan fingerprint density at radius 2 is 1.77 bits per heavy atom. The van der Waals surface area contributed by atoms with Gasteiger partial charge >= 0.3 is 6.18 Å². The maximum atomic E-state index is 13.1. The molecule has 2 heterocycles. The summed E-state index contributed by atoms with van der Waals surface area (Å²) in [7, 11) is 0. The van der Waals surface area contributed by atoms with Crippen LogP contribution in [0.5, 0.6) is 0 Å². The Bertz CT molecular complexity index is 885. The number of amides is 1. The summed E-state index contributed by atoms with van der Waals surface area (Å²) in [5, 5.41) is 0. The highest BCUT2D eigenvalue weighted by atomic mass is 19.4. The molecule has 1 aliphatic heterocycles. The first kappa shape index (κ1) is 20.7. The van der Waals surface area contributed by atoms with E-state index in [4.69, 9.17) is 0 Å². The van der Waals surface area contributed by atoms with Gasteiger partial charge < -0.3 is 9.80 Å². The average Bonchev–Trinajstić information content (AvgIpc) is 3.59. The van der Waals surface area contributed by atoms with Crippen LogP contribution in [0.3, 0.4) is 0 Å². The quantitative estimate of drug-likeness (QED) is 0.643. The van der Waals surface area contributed by atoms with E-state index in [1.165, 1.54) is 5.56 Å². The molecule has 1 saturated carbocycles. The number of aromatic nitrogens is 1. The SMILES string of the molecule is CCC(=O)N1CCC(N(c2ccc(C(F)(F)F)cc2)c2cnccc2C2CC2)CC1. The Hall–Kier alpha value is -2.57. The Balaban J connectivity index is 1.67. The number of rotatable bonds is 5. The second kappa shape index (κ2) is 8.28. The zero-order chi connectivity index (χ0) is 21.3. The third-order valence-corrected chi connectivity index (χ3v) is 6.07. The highest BCUT2D eigenvalue weighted by molar-refractivity contribution is 5.76. The van der Waals surface area contributed by atoms with Crippen LogP contribution >= 0.6 is 0 Å². The fourth-order valence-electron chi connectivity index (χ4n) is 4.29. The van der Waals surface area contributed by atoms with Crippen molar-refractivity contribution in [3.05, 3.63) is 53.9 Å². The lowest BCUT2D eigenvalue weighted by Gasteiger charge is -2.40. The molecule has 1 aromatic carbocycles. The molecular weight excluding hydrogens is 391 g/mol. The number of alkyl halides is 3. The number of anilines is 2. The van der Waals surface area contributed by atoms with Crippen LogP contribution in [0.2, 0.25) is 0 Å². The van der Waals surface area contributed by atoms with Gasteiger partial charge in [-0.2, -0.15) is 13.2 Å². The molecule has 1 aliphatic carbocycles.